The average molecular weight is 405 g/mol. The molecule has 2 aromatic rings. The maximum Gasteiger partial charge on any atom is 0.230 e. The summed E-state index contributed by atoms with van der Waals surface area (Å²) in [6.45, 7) is 4.40. The molecule has 1 aliphatic carbocycles. The molecule has 1 fully saturated rings. The Balaban J connectivity index is 1.64. The van der Waals surface area contributed by atoms with Crippen LogP contribution in [-0.2, 0) is 11.3 Å². The van der Waals surface area contributed by atoms with Crippen LogP contribution in [0, 0.1) is 0 Å². The van der Waals surface area contributed by atoms with Gasteiger partial charge < -0.3 is 5.32 Å². The first kappa shape index (κ1) is 20.0. The molecule has 0 saturated heterocycles. The van der Waals surface area contributed by atoms with Gasteiger partial charge in [-0.15, -0.1) is 16.8 Å². The van der Waals surface area contributed by atoms with E-state index in [1.807, 2.05) is 28.8 Å². The molecule has 0 atom stereocenters. The number of amides is 1. The number of nitrogens with zero attached hydrogens (tertiary/aromatic N) is 3. The monoisotopic (exact) mass is 404 g/mol. The lowest BCUT2D eigenvalue weighted by Crippen LogP contribution is -2.35. The first-order valence-corrected chi connectivity index (χ1v) is 10.8. The molecular formula is C20H25ClN4OS. The van der Waals surface area contributed by atoms with Crippen molar-refractivity contribution in [3.8, 4) is 11.4 Å². The van der Waals surface area contributed by atoms with E-state index in [-0.39, 0.29) is 5.91 Å². The van der Waals surface area contributed by atoms with Crippen molar-refractivity contribution in [3.05, 3.63) is 41.9 Å². The van der Waals surface area contributed by atoms with Crippen molar-refractivity contribution in [2.45, 2.75) is 56.3 Å². The van der Waals surface area contributed by atoms with E-state index in [0.717, 1.165) is 29.4 Å². The number of hydrogen-bond acceptors (Lipinski definition) is 4. The normalized spacial score (nSPS) is 15.3. The molecular weight excluding hydrogens is 380 g/mol. The number of nitrogens with one attached hydrogen (secondary N) is 1. The number of carbonyl (C=O) groups is 1. The zero-order chi connectivity index (χ0) is 19.1. The standard InChI is InChI=1S/C20H25ClN4OS/c1-2-13-25-19(15-9-11-16(21)12-10-15)23-24-20(25)27-14-18(26)22-17-7-5-3-4-6-8-17/h2,9-12,17H,1,3-8,13-14H2,(H,22,26). The second-order valence-corrected chi connectivity index (χ2v) is 8.14. The van der Waals surface area contributed by atoms with Crippen LogP contribution in [0.4, 0.5) is 0 Å². The van der Waals surface area contributed by atoms with Gasteiger partial charge in [0.15, 0.2) is 11.0 Å². The number of allylic oxidation sites excluding steroid dienone is 1. The van der Waals surface area contributed by atoms with E-state index in [9.17, 15) is 4.79 Å². The van der Waals surface area contributed by atoms with Crippen LogP contribution >= 0.6 is 23.4 Å². The highest BCUT2D eigenvalue weighted by molar-refractivity contribution is 7.99. The minimum absolute atomic E-state index is 0.0631. The van der Waals surface area contributed by atoms with Gasteiger partial charge in [0.1, 0.15) is 0 Å². The summed E-state index contributed by atoms with van der Waals surface area (Å²) in [5.74, 6) is 1.15. The zero-order valence-corrected chi connectivity index (χ0v) is 16.9. The van der Waals surface area contributed by atoms with Gasteiger partial charge in [-0.2, -0.15) is 0 Å². The van der Waals surface area contributed by atoms with Gasteiger partial charge in [0.05, 0.1) is 5.75 Å². The largest absolute Gasteiger partial charge is 0.353 e. The second-order valence-electron chi connectivity index (χ2n) is 6.76. The average Bonchev–Trinajstić information content (AvgIpc) is 2.88. The second kappa shape index (κ2) is 9.95. The predicted octanol–water partition coefficient (Wildman–Crippen LogP) is 4.72. The molecule has 0 aliphatic heterocycles. The van der Waals surface area contributed by atoms with E-state index in [1.54, 1.807) is 6.08 Å². The highest BCUT2D eigenvalue weighted by Gasteiger charge is 2.17. The number of thioether (sulfide) groups is 1. The maximum absolute atomic E-state index is 12.4. The van der Waals surface area contributed by atoms with Crippen LogP contribution in [-0.4, -0.2) is 32.5 Å². The van der Waals surface area contributed by atoms with Gasteiger partial charge in [0, 0.05) is 23.2 Å². The quantitative estimate of drug-likeness (QED) is 0.412. The number of carbonyl (C=O) groups excluding carboxylic acids is 1. The van der Waals surface area contributed by atoms with Crippen molar-refractivity contribution in [1.29, 1.82) is 0 Å². The van der Waals surface area contributed by atoms with Gasteiger partial charge in [0.25, 0.3) is 0 Å². The van der Waals surface area contributed by atoms with Gasteiger partial charge in [-0.1, -0.05) is 55.1 Å². The molecule has 1 saturated carbocycles. The van der Waals surface area contributed by atoms with Crippen LogP contribution in [0.1, 0.15) is 38.5 Å². The fourth-order valence-electron chi connectivity index (χ4n) is 3.32. The molecule has 3 rings (SSSR count). The van der Waals surface area contributed by atoms with Crippen LogP contribution in [0.3, 0.4) is 0 Å². The number of benzene rings is 1. The van der Waals surface area contributed by atoms with E-state index in [4.69, 9.17) is 11.6 Å². The Hall–Kier alpha value is -1.79. The topological polar surface area (TPSA) is 59.8 Å². The molecule has 1 aromatic heterocycles. The Bertz CT molecular complexity index is 767. The molecule has 0 unspecified atom stereocenters. The van der Waals surface area contributed by atoms with Crippen LogP contribution < -0.4 is 5.32 Å². The van der Waals surface area contributed by atoms with Crippen LogP contribution in [0.2, 0.25) is 5.02 Å². The molecule has 7 heteroatoms. The van der Waals surface area contributed by atoms with E-state index >= 15 is 0 Å². The lowest BCUT2D eigenvalue weighted by atomic mass is 10.1. The fourth-order valence-corrected chi connectivity index (χ4v) is 4.21. The molecule has 1 aliphatic rings. The van der Waals surface area contributed by atoms with Gasteiger partial charge in [-0.25, -0.2) is 0 Å². The minimum atomic E-state index is 0.0631. The van der Waals surface area contributed by atoms with Gasteiger partial charge in [-0.3, -0.25) is 9.36 Å². The van der Waals surface area contributed by atoms with Crippen LogP contribution in [0.25, 0.3) is 11.4 Å². The molecule has 5 nitrogen and oxygen atoms in total. The Kier molecular flexibility index (Phi) is 7.35. The molecule has 1 aromatic carbocycles. The Morgan fingerprint density at radius 2 is 1.93 bits per heavy atom. The predicted molar refractivity (Wildman–Crippen MR) is 111 cm³/mol. The highest BCUT2D eigenvalue weighted by Crippen LogP contribution is 2.25. The Morgan fingerprint density at radius 1 is 1.22 bits per heavy atom. The van der Waals surface area contributed by atoms with Crippen molar-refractivity contribution < 1.29 is 4.79 Å². The van der Waals surface area contributed by atoms with Crippen molar-refractivity contribution in [1.82, 2.24) is 20.1 Å². The fraction of sp³-hybridized carbons (Fsp3) is 0.450. The van der Waals surface area contributed by atoms with Gasteiger partial charge >= 0.3 is 0 Å². The lowest BCUT2D eigenvalue weighted by molar-refractivity contribution is -0.119. The van der Waals surface area contributed by atoms with Gasteiger partial charge in [0.2, 0.25) is 5.91 Å². The summed E-state index contributed by atoms with van der Waals surface area (Å²) in [5, 5.41) is 13.2. The van der Waals surface area contributed by atoms with Crippen molar-refractivity contribution in [2.24, 2.45) is 0 Å². The molecule has 0 radical (unpaired) electrons. The molecule has 1 heterocycles. The summed E-state index contributed by atoms with van der Waals surface area (Å²) in [6, 6.07) is 7.81. The molecule has 0 bridgehead atoms. The smallest absolute Gasteiger partial charge is 0.230 e. The van der Waals surface area contributed by atoms with Crippen molar-refractivity contribution in [2.75, 3.05) is 5.75 Å². The molecule has 1 amide bonds. The van der Waals surface area contributed by atoms with Crippen LogP contribution in [0.15, 0.2) is 42.1 Å². The van der Waals surface area contributed by atoms with E-state index in [1.165, 1.54) is 37.4 Å². The number of hydrogen-bond donors (Lipinski definition) is 1. The zero-order valence-electron chi connectivity index (χ0n) is 15.4. The minimum Gasteiger partial charge on any atom is -0.353 e. The van der Waals surface area contributed by atoms with E-state index in [0.29, 0.717) is 23.4 Å². The third-order valence-electron chi connectivity index (χ3n) is 4.68. The summed E-state index contributed by atoms with van der Waals surface area (Å²) < 4.78 is 1.97. The van der Waals surface area contributed by atoms with E-state index < -0.39 is 0 Å². The third-order valence-corrected chi connectivity index (χ3v) is 5.90. The number of halogens is 1. The first-order valence-electron chi connectivity index (χ1n) is 9.39. The van der Waals surface area contributed by atoms with E-state index in [2.05, 4.69) is 22.1 Å². The summed E-state index contributed by atoms with van der Waals surface area (Å²) in [5.41, 5.74) is 0.934. The molecule has 0 spiro atoms. The highest BCUT2D eigenvalue weighted by atomic mass is 35.5. The van der Waals surface area contributed by atoms with Crippen LogP contribution in [0.5, 0.6) is 0 Å². The Labute approximate surface area is 169 Å². The lowest BCUT2D eigenvalue weighted by Gasteiger charge is -2.16. The summed E-state index contributed by atoms with van der Waals surface area (Å²) in [4.78, 5) is 12.4. The summed E-state index contributed by atoms with van der Waals surface area (Å²) in [6.07, 6.45) is 8.94. The summed E-state index contributed by atoms with van der Waals surface area (Å²) in [7, 11) is 0. The molecule has 1 N–H and O–H groups in total. The maximum atomic E-state index is 12.4. The van der Waals surface area contributed by atoms with Crippen molar-refractivity contribution in [3.63, 3.8) is 0 Å². The Morgan fingerprint density at radius 3 is 2.59 bits per heavy atom. The molecule has 144 valence electrons. The number of aromatic nitrogens is 3. The first-order chi connectivity index (χ1) is 13.2. The number of rotatable bonds is 7. The SMILES string of the molecule is C=CCn1c(SCC(=O)NC2CCCCCC2)nnc1-c1ccc(Cl)cc1. The molecule has 27 heavy (non-hydrogen) atoms. The third kappa shape index (κ3) is 5.59. The summed E-state index contributed by atoms with van der Waals surface area (Å²) >= 11 is 7.38. The van der Waals surface area contributed by atoms with Gasteiger partial charge in [-0.05, 0) is 37.1 Å². The van der Waals surface area contributed by atoms with Crippen molar-refractivity contribution >= 4 is 29.3 Å².